The number of nitrogens with zero attached hydrogens (tertiary/aromatic N) is 3. The molecule has 0 aliphatic heterocycles. The number of ether oxygens (including phenoxy) is 1. The van der Waals surface area contributed by atoms with Crippen molar-refractivity contribution in [2.75, 3.05) is 5.43 Å². The molecule has 0 aliphatic carbocycles. The van der Waals surface area contributed by atoms with Gasteiger partial charge in [-0.05, 0) is 42.0 Å². The lowest BCUT2D eigenvalue weighted by Gasteiger charge is -2.09. The van der Waals surface area contributed by atoms with Gasteiger partial charge in [0.05, 0.1) is 12.4 Å². The molecule has 0 fully saturated rings. The van der Waals surface area contributed by atoms with Crippen LogP contribution in [0.1, 0.15) is 11.1 Å². The molecule has 0 aliphatic rings. The van der Waals surface area contributed by atoms with Crippen molar-refractivity contribution in [1.82, 2.24) is 15.2 Å². The predicted octanol–water partition coefficient (Wildman–Crippen LogP) is 3.50. The van der Waals surface area contributed by atoms with Crippen LogP contribution >= 0.6 is 23.2 Å². The average molecular weight is 390 g/mol. The molecule has 0 saturated heterocycles. The fourth-order valence-corrected chi connectivity index (χ4v) is 2.52. The standard InChI is InChI=1S/C17H13Cl2N5O2/c18-14-2-1-3-15(19)13(14)10-26-12-6-4-11(5-7-12)8-20-23-16-9-21-24-17(25)22-16/h1-9H,10H2,(H2,22,23,24,25)/b20-8+. The van der Waals surface area contributed by atoms with Crippen LogP contribution in [0.5, 0.6) is 5.75 Å². The van der Waals surface area contributed by atoms with Crippen molar-refractivity contribution in [3.63, 3.8) is 0 Å². The minimum atomic E-state index is -0.551. The Morgan fingerprint density at radius 2 is 1.88 bits per heavy atom. The van der Waals surface area contributed by atoms with Crippen LogP contribution in [0.2, 0.25) is 10.0 Å². The molecule has 1 aromatic heterocycles. The van der Waals surface area contributed by atoms with E-state index in [-0.39, 0.29) is 12.4 Å². The van der Waals surface area contributed by atoms with Crippen LogP contribution < -0.4 is 15.9 Å². The van der Waals surface area contributed by atoms with Gasteiger partial charge < -0.3 is 4.74 Å². The lowest BCUT2D eigenvalue weighted by atomic mass is 10.2. The molecular formula is C17H13Cl2N5O2. The maximum atomic E-state index is 11.0. The largest absolute Gasteiger partial charge is 0.489 e. The number of aromatic nitrogens is 3. The van der Waals surface area contributed by atoms with Gasteiger partial charge in [-0.2, -0.15) is 15.2 Å². The number of nitrogens with one attached hydrogen (secondary N) is 2. The van der Waals surface area contributed by atoms with Crippen molar-refractivity contribution in [2.24, 2.45) is 5.10 Å². The van der Waals surface area contributed by atoms with Gasteiger partial charge in [-0.15, -0.1) is 0 Å². The van der Waals surface area contributed by atoms with Gasteiger partial charge in [-0.25, -0.2) is 9.89 Å². The van der Waals surface area contributed by atoms with Gasteiger partial charge in [0.2, 0.25) is 0 Å². The van der Waals surface area contributed by atoms with Crippen molar-refractivity contribution in [3.05, 3.63) is 80.3 Å². The average Bonchev–Trinajstić information content (AvgIpc) is 2.63. The van der Waals surface area contributed by atoms with E-state index in [0.29, 0.717) is 15.8 Å². The Morgan fingerprint density at radius 3 is 2.58 bits per heavy atom. The van der Waals surface area contributed by atoms with Crippen LogP contribution in [0.3, 0.4) is 0 Å². The molecule has 26 heavy (non-hydrogen) atoms. The number of aromatic amines is 1. The molecule has 3 rings (SSSR count). The topological polar surface area (TPSA) is 92.3 Å². The molecule has 0 unspecified atom stereocenters. The summed E-state index contributed by atoms with van der Waals surface area (Å²) in [6.45, 7) is 0.273. The van der Waals surface area contributed by atoms with Crippen molar-refractivity contribution in [1.29, 1.82) is 0 Å². The molecule has 2 aromatic carbocycles. The third-order valence-electron chi connectivity index (χ3n) is 3.29. The highest BCUT2D eigenvalue weighted by Crippen LogP contribution is 2.25. The first kappa shape index (κ1) is 17.9. The normalized spacial score (nSPS) is 10.8. The van der Waals surface area contributed by atoms with Gasteiger partial charge >= 0.3 is 5.69 Å². The summed E-state index contributed by atoms with van der Waals surface area (Å²) in [6.07, 6.45) is 2.94. The van der Waals surface area contributed by atoms with E-state index in [0.717, 1.165) is 11.1 Å². The molecule has 0 bridgehead atoms. The number of hydrogen-bond donors (Lipinski definition) is 2. The summed E-state index contributed by atoms with van der Waals surface area (Å²) in [7, 11) is 0. The van der Waals surface area contributed by atoms with E-state index in [4.69, 9.17) is 27.9 Å². The zero-order chi connectivity index (χ0) is 18.4. The van der Waals surface area contributed by atoms with Crippen LogP contribution in [-0.4, -0.2) is 21.4 Å². The first-order valence-corrected chi connectivity index (χ1v) is 8.24. The van der Waals surface area contributed by atoms with Gasteiger partial charge in [0, 0.05) is 15.6 Å². The fraction of sp³-hybridized carbons (Fsp3) is 0.0588. The van der Waals surface area contributed by atoms with Crippen molar-refractivity contribution in [3.8, 4) is 5.75 Å². The summed E-state index contributed by atoms with van der Waals surface area (Å²) in [5, 5.41) is 10.9. The zero-order valence-electron chi connectivity index (χ0n) is 13.3. The summed E-state index contributed by atoms with van der Waals surface area (Å²) in [6, 6.07) is 12.6. The second-order valence-electron chi connectivity index (χ2n) is 5.10. The fourth-order valence-electron chi connectivity index (χ4n) is 2.01. The van der Waals surface area contributed by atoms with Crippen molar-refractivity contribution in [2.45, 2.75) is 6.61 Å². The van der Waals surface area contributed by atoms with Crippen molar-refractivity contribution >= 4 is 35.2 Å². The third kappa shape index (κ3) is 4.81. The lowest BCUT2D eigenvalue weighted by Crippen LogP contribution is -2.13. The quantitative estimate of drug-likeness (QED) is 0.497. The number of hydrazone groups is 1. The van der Waals surface area contributed by atoms with E-state index in [1.54, 1.807) is 36.5 Å². The Bertz CT molecular complexity index is 953. The first-order valence-electron chi connectivity index (χ1n) is 7.48. The zero-order valence-corrected chi connectivity index (χ0v) is 14.8. The summed E-state index contributed by atoms with van der Waals surface area (Å²) in [4.78, 5) is 14.7. The van der Waals surface area contributed by atoms with Crippen LogP contribution in [0.15, 0.2) is 58.6 Å². The van der Waals surface area contributed by atoms with E-state index in [9.17, 15) is 4.79 Å². The Hall–Kier alpha value is -2.90. The SMILES string of the molecule is O=c1nc(N/N=C/c2ccc(OCc3c(Cl)cccc3Cl)cc2)cn[nH]1. The summed E-state index contributed by atoms with van der Waals surface area (Å²) >= 11 is 12.2. The molecule has 1 heterocycles. The Morgan fingerprint density at radius 1 is 1.15 bits per heavy atom. The minimum Gasteiger partial charge on any atom is -0.489 e. The number of hydrogen-bond acceptors (Lipinski definition) is 6. The molecule has 0 atom stereocenters. The molecule has 7 nitrogen and oxygen atoms in total. The van der Waals surface area contributed by atoms with E-state index >= 15 is 0 Å². The molecule has 2 N–H and O–H groups in total. The monoisotopic (exact) mass is 389 g/mol. The highest BCUT2D eigenvalue weighted by molar-refractivity contribution is 6.35. The van der Waals surface area contributed by atoms with Crippen molar-refractivity contribution < 1.29 is 4.74 Å². The second-order valence-corrected chi connectivity index (χ2v) is 5.91. The number of H-pyrrole nitrogens is 1. The summed E-state index contributed by atoms with van der Waals surface area (Å²) in [5.74, 6) is 0.924. The van der Waals surface area contributed by atoms with Gasteiger partial charge in [0.15, 0.2) is 5.82 Å². The number of rotatable bonds is 6. The minimum absolute atomic E-state index is 0.251. The molecule has 0 amide bonds. The lowest BCUT2D eigenvalue weighted by molar-refractivity contribution is 0.306. The van der Waals surface area contributed by atoms with Crippen LogP contribution in [0.25, 0.3) is 0 Å². The van der Waals surface area contributed by atoms with Gasteiger partial charge in [0.25, 0.3) is 0 Å². The van der Waals surface area contributed by atoms with E-state index in [1.807, 2.05) is 12.1 Å². The second kappa shape index (κ2) is 8.46. The highest BCUT2D eigenvalue weighted by Gasteiger charge is 2.06. The van der Waals surface area contributed by atoms with Crippen LogP contribution in [-0.2, 0) is 6.61 Å². The Labute approximate surface area is 158 Å². The smallest absolute Gasteiger partial charge is 0.363 e. The Balaban J connectivity index is 1.58. The van der Waals surface area contributed by atoms with E-state index < -0.39 is 5.69 Å². The predicted molar refractivity (Wildman–Crippen MR) is 101 cm³/mol. The molecule has 0 spiro atoms. The van der Waals surface area contributed by atoms with Gasteiger partial charge in [-0.1, -0.05) is 29.3 Å². The number of halogens is 2. The maximum absolute atomic E-state index is 11.0. The van der Waals surface area contributed by atoms with E-state index in [1.165, 1.54) is 6.20 Å². The molecule has 0 radical (unpaired) electrons. The van der Waals surface area contributed by atoms with Gasteiger partial charge in [0.1, 0.15) is 12.4 Å². The Kier molecular flexibility index (Phi) is 5.83. The number of benzene rings is 2. The molecule has 3 aromatic rings. The molecular weight excluding hydrogens is 377 g/mol. The molecule has 0 saturated carbocycles. The molecule has 9 heteroatoms. The molecule has 132 valence electrons. The first-order chi connectivity index (χ1) is 12.6. The van der Waals surface area contributed by atoms with Crippen LogP contribution in [0, 0.1) is 0 Å². The van der Waals surface area contributed by atoms with Crippen LogP contribution in [0.4, 0.5) is 5.82 Å². The maximum Gasteiger partial charge on any atom is 0.363 e. The third-order valence-corrected chi connectivity index (χ3v) is 3.99. The number of anilines is 1. The van der Waals surface area contributed by atoms with E-state index in [2.05, 4.69) is 25.7 Å². The highest BCUT2D eigenvalue weighted by atomic mass is 35.5. The summed E-state index contributed by atoms with van der Waals surface area (Å²) < 4.78 is 5.71. The van der Waals surface area contributed by atoms with Gasteiger partial charge in [-0.3, -0.25) is 5.43 Å². The summed E-state index contributed by atoms with van der Waals surface area (Å²) in [5.41, 5.74) is 3.64.